The number of halogens is 1. The molecule has 1 saturated heterocycles. The smallest absolute Gasteiger partial charge is 0.222 e. The summed E-state index contributed by atoms with van der Waals surface area (Å²) in [6.45, 7) is 4.04. The van der Waals surface area contributed by atoms with E-state index in [-0.39, 0.29) is 0 Å². The number of hydrogen-bond acceptors (Lipinski definition) is 1. The van der Waals surface area contributed by atoms with Crippen LogP contribution in [0.15, 0.2) is 0 Å². The number of rotatable bonds is 3. The van der Waals surface area contributed by atoms with Crippen LogP contribution in [0, 0.1) is 5.92 Å². The highest BCUT2D eigenvalue weighted by Crippen LogP contribution is 2.12. The van der Waals surface area contributed by atoms with Crippen molar-refractivity contribution in [1.29, 1.82) is 0 Å². The van der Waals surface area contributed by atoms with E-state index in [9.17, 15) is 4.79 Å². The molecule has 0 aromatic heterocycles. The molecule has 1 heterocycles. The van der Waals surface area contributed by atoms with Crippen LogP contribution >= 0.6 is 15.9 Å². The Kier molecular flexibility index (Phi) is 3.37. The number of alkyl halides is 1. The van der Waals surface area contributed by atoms with E-state index in [0.29, 0.717) is 11.8 Å². The van der Waals surface area contributed by atoms with Crippen molar-refractivity contribution in [1.82, 2.24) is 4.90 Å². The van der Waals surface area contributed by atoms with Crippen LogP contribution in [0.25, 0.3) is 0 Å². The van der Waals surface area contributed by atoms with Crippen LogP contribution in [0.3, 0.4) is 0 Å². The summed E-state index contributed by atoms with van der Waals surface area (Å²) >= 11 is 3.40. The molecule has 0 radical (unpaired) electrons. The molecule has 64 valence electrons. The second-order valence-electron chi connectivity index (χ2n) is 3.20. The summed E-state index contributed by atoms with van der Waals surface area (Å²) in [5, 5.41) is 0.983. The molecular formula is C8H14BrNO. The SMILES string of the molecule is CC(CBr)CN1CCCC1=O. The van der Waals surface area contributed by atoms with Crippen molar-refractivity contribution in [3.8, 4) is 0 Å². The van der Waals surface area contributed by atoms with Gasteiger partial charge in [0.1, 0.15) is 0 Å². The summed E-state index contributed by atoms with van der Waals surface area (Å²) in [6.07, 6.45) is 1.81. The van der Waals surface area contributed by atoms with Gasteiger partial charge in [-0.15, -0.1) is 0 Å². The van der Waals surface area contributed by atoms with Gasteiger partial charge in [-0.2, -0.15) is 0 Å². The molecule has 0 bridgehead atoms. The van der Waals surface area contributed by atoms with Gasteiger partial charge in [-0.25, -0.2) is 0 Å². The Labute approximate surface area is 76.1 Å². The Balaban J connectivity index is 2.30. The predicted molar refractivity (Wildman–Crippen MR) is 48.8 cm³/mol. The van der Waals surface area contributed by atoms with Gasteiger partial charge < -0.3 is 4.90 Å². The van der Waals surface area contributed by atoms with E-state index >= 15 is 0 Å². The van der Waals surface area contributed by atoms with Crippen molar-refractivity contribution < 1.29 is 4.79 Å². The molecule has 1 aliphatic heterocycles. The third-order valence-electron chi connectivity index (χ3n) is 1.97. The topological polar surface area (TPSA) is 20.3 Å². The van der Waals surface area contributed by atoms with Crippen molar-refractivity contribution in [3.63, 3.8) is 0 Å². The zero-order valence-corrected chi connectivity index (χ0v) is 8.43. The molecule has 1 fully saturated rings. The summed E-state index contributed by atoms with van der Waals surface area (Å²) in [5.74, 6) is 0.912. The molecule has 0 aromatic rings. The molecular weight excluding hydrogens is 206 g/mol. The Morgan fingerprint density at radius 3 is 2.91 bits per heavy atom. The number of carbonyl (C=O) groups excluding carboxylic acids is 1. The highest BCUT2D eigenvalue weighted by atomic mass is 79.9. The van der Waals surface area contributed by atoms with Gasteiger partial charge >= 0.3 is 0 Å². The standard InChI is InChI=1S/C8H14BrNO/c1-7(5-9)6-10-4-2-3-8(10)11/h7H,2-6H2,1H3. The minimum Gasteiger partial charge on any atom is -0.342 e. The Hall–Kier alpha value is -0.0500. The Morgan fingerprint density at radius 2 is 2.45 bits per heavy atom. The van der Waals surface area contributed by atoms with Crippen molar-refractivity contribution >= 4 is 21.8 Å². The first kappa shape index (κ1) is 9.04. The van der Waals surface area contributed by atoms with E-state index in [4.69, 9.17) is 0 Å². The number of nitrogens with zero attached hydrogens (tertiary/aromatic N) is 1. The molecule has 1 amide bonds. The van der Waals surface area contributed by atoms with Gasteiger partial charge in [0.05, 0.1) is 0 Å². The van der Waals surface area contributed by atoms with Crippen LogP contribution in [0.1, 0.15) is 19.8 Å². The monoisotopic (exact) mass is 219 g/mol. The van der Waals surface area contributed by atoms with E-state index < -0.39 is 0 Å². The quantitative estimate of drug-likeness (QED) is 0.662. The summed E-state index contributed by atoms with van der Waals surface area (Å²) in [5.41, 5.74) is 0. The molecule has 3 heteroatoms. The van der Waals surface area contributed by atoms with Crippen molar-refractivity contribution in [3.05, 3.63) is 0 Å². The van der Waals surface area contributed by atoms with Gasteiger partial charge in [0.15, 0.2) is 0 Å². The lowest BCUT2D eigenvalue weighted by molar-refractivity contribution is -0.128. The number of amides is 1. The minimum absolute atomic E-state index is 0.331. The van der Waals surface area contributed by atoms with Crippen LogP contribution in [0.5, 0.6) is 0 Å². The van der Waals surface area contributed by atoms with Crippen LogP contribution in [0.2, 0.25) is 0 Å². The maximum Gasteiger partial charge on any atom is 0.222 e. The maximum absolute atomic E-state index is 11.1. The van der Waals surface area contributed by atoms with Gasteiger partial charge in [0, 0.05) is 24.8 Å². The fraction of sp³-hybridized carbons (Fsp3) is 0.875. The summed E-state index contributed by atoms with van der Waals surface area (Å²) in [7, 11) is 0. The van der Waals surface area contributed by atoms with Gasteiger partial charge in [-0.05, 0) is 12.3 Å². The zero-order valence-electron chi connectivity index (χ0n) is 6.85. The molecule has 0 saturated carbocycles. The first-order valence-electron chi connectivity index (χ1n) is 4.07. The van der Waals surface area contributed by atoms with Crippen LogP contribution in [-0.4, -0.2) is 29.2 Å². The minimum atomic E-state index is 0.331. The molecule has 11 heavy (non-hydrogen) atoms. The van der Waals surface area contributed by atoms with E-state index in [0.717, 1.165) is 31.3 Å². The number of likely N-dealkylation sites (tertiary alicyclic amines) is 1. The third-order valence-corrected chi connectivity index (χ3v) is 3.07. The van der Waals surface area contributed by atoms with Gasteiger partial charge in [-0.1, -0.05) is 22.9 Å². The lowest BCUT2D eigenvalue weighted by Gasteiger charge is -2.18. The zero-order chi connectivity index (χ0) is 8.27. The Morgan fingerprint density at radius 1 is 1.73 bits per heavy atom. The van der Waals surface area contributed by atoms with Crippen molar-refractivity contribution in [2.24, 2.45) is 5.92 Å². The van der Waals surface area contributed by atoms with Gasteiger partial charge in [0.2, 0.25) is 5.91 Å². The van der Waals surface area contributed by atoms with E-state index in [1.165, 1.54) is 0 Å². The van der Waals surface area contributed by atoms with Crippen LogP contribution in [-0.2, 0) is 4.79 Å². The fourth-order valence-corrected chi connectivity index (χ4v) is 1.53. The van der Waals surface area contributed by atoms with E-state index in [1.54, 1.807) is 0 Å². The first-order valence-corrected chi connectivity index (χ1v) is 5.20. The highest BCUT2D eigenvalue weighted by Gasteiger charge is 2.20. The fourth-order valence-electron chi connectivity index (χ4n) is 1.32. The molecule has 0 aromatic carbocycles. The number of carbonyl (C=O) groups is 1. The average Bonchev–Trinajstić information content (AvgIpc) is 2.37. The second kappa shape index (κ2) is 4.10. The normalized spacial score (nSPS) is 20.9. The lowest BCUT2D eigenvalue weighted by Crippen LogP contribution is -2.29. The summed E-state index contributed by atoms with van der Waals surface area (Å²) in [6, 6.07) is 0. The molecule has 0 spiro atoms. The Bertz CT molecular complexity index is 149. The molecule has 1 rings (SSSR count). The van der Waals surface area contributed by atoms with Gasteiger partial charge in [-0.3, -0.25) is 4.79 Å². The molecule has 1 unspecified atom stereocenters. The third kappa shape index (κ3) is 2.47. The lowest BCUT2D eigenvalue weighted by atomic mass is 10.2. The summed E-state index contributed by atoms with van der Waals surface area (Å²) < 4.78 is 0. The van der Waals surface area contributed by atoms with Gasteiger partial charge in [0.25, 0.3) is 0 Å². The maximum atomic E-state index is 11.1. The summed E-state index contributed by atoms with van der Waals surface area (Å²) in [4.78, 5) is 13.1. The largest absolute Gasteiger partial charge is 0.342 e. The molecule has 0 N–H and O–H groups in total. The van der Waals surface area contributed by atoms with E-state index in [1.807, 2.05) is 4.90 Å². The predicted octanol–water partition coefficient (Wildman–Crippen LogP) is 1.64. The van der Waals surface area contributed by atoms with Crippen LogP contribution in [0.4, 0.5) is 0 Å². The average molecular weight is 220 g/mol. The van der Waals surface area contributed by atoms with Crippen molar-refractivity contribution in [2.45, 2.75) is 19.8 Å². The van der Waals surface area contributed by atoms with E-state index in [2.05, 4.69) is 22.9 Å². The highest BCUT2D eigenvalue weighted by molar-refractivity contribution is 9.09. The number of hydrogen-bond donors (Lipinski definition) is 0. The molecule has 1 atom stereocenters. The molecule has 2 nitrogen and oxygen atoms in total. The second-order valence-corrected chi connectivity index (χ2v) is 3.85. The molecule has 0 aliphatic carbocycles. The molecule has 1 aliphatic rings. The first-order chi connectivity index (χ1) is 5.24. The van der Waals surface area contributed by atoms with Crippen molar-refractivity contribution in [2.75, 3.05) is 18.4 Å². The van der Waals surface area contributed by atoms with Crippen LogP contribution < -0.4 is 0 Å².